The van der Waals surface area contributed by atoms with Gasteiger partial charge in [0, 0.05) is 68.3 Å². The summed E-state index contributed by atoms with van der Waals surface area (Å²) in [6, 6.07) is -12.8. The molecule has 4 aliphatic carbocycles. The van der Waals surface area contributed by atoms with Gasteiger partial charge in [-0.05, 0) is 114 Å². The van der Waals surface area contributed by atoms with Gasteiger partial charge < -0.3 is 60.0 Å². The molecule has 3 N–H and O–H groups in total. The SMILES string of the molecule is CC[C@H](C)[C@@H]1NC(=O)[C@H](CC(C)C)N(C)C(=O)C[C@@H](C(=O)N2CCC2)N(C)C(=O)[C@H](C2CCCC2)N(C)C(=O)C2(CCCC2)NC(=O)[C@@H]2CC(F)(F)CN2C(=O)[C@H](CCC2CC(F)C(C(F)(F)F)C(F)C2)NC(=O)CN(C)C(=O)[C@H](CC2CCCCC2)N(C)C(=O)[C@@H]2CCN2C(=O)[C@H](C)N(C)C1=O. The molecule has 0 aromatic heterocycles. The number of nitrogens with one attached hydrogen (secondary N) is 3. The van der Waals surface area contributed by atoms with Crippen molar-refractivity contribution in [1.29, 1.82) is 0 Å². The van der Waals surface area contributed by atoms with E-state index in [1.54, 1.807) is 6.92 Å². The Labute approximate surface area is 600 Å². The van der Waals surface area contributed by atoms with Crippen molar-refractivity contribution in [3.63, 3.8) is 0 Å². The predicted molar refractivity (Wildman–Crippen MR) is 364 cm³/mol. The second-order valence-electron chi connectivity index (χ2n) is 31.6. The lowest BCUT2D eigenvalue weighted by molar-refractivity contribution is -0.219. The Balaban J connectivity index is 1.18. The Morgan fingerprint density at radius 1 is 0.612 bits per heavy atom. The van der Waals surface area contributed by atoms with Crippen molar-refractivity contribution in [3.8, 4) is 0 Å². The van der Waals surface area contributed by atoms with Crippen molar-refractivity contribution in [2.75, 3.05) is 75.0 Å². The summed E-state index contributed by atoms with van der Waals surface area (Å²) in [5.41, 5.74) is -1.87. The quantitative estimate of drug-likeness (QED) is 0.208. The van der Waals surface area contributed by atoms with Crippen LogP contribution < -0.4 is 16.0 Å². The van der Waals surface area contributed by atoms with Crippen molar-refractivity contribution in [2.24, 2.45) is 35.5 Å². The van der Waals surface area contributed by atoms with Crippen LogP contribution in [0, 0.1) is 35.5 Å². The van der Waals surface area contributed by atoms with Gasteiger partial charge in [-0.3, -0.25) is 57.5 Å². The van der Waals surface area contributed by atoms with Crippen molar-refractivity contribution in [2.45, 2.75) is 273 Å². The summed E-state index contributed by atoms with van der Waals surface area (Å²) in [7, 11) is 8.15. The molecule has 24 nitrogen and oxygen atoms in total. The highest BCUT2D eigenvalue weighted by molar-refractivity contribution is 6.01. The molecule has 12 atom stereocenters. The normalized spacial score (nSPS) is 32.4. The minimum atomic E-state index is -5.23. The molecule has 1 spiro atoms. The molecule has 0 aromatic carbocycles. The number of hydrogen-bond donors (Lipinski definition) is 3. The Kier molecular flexibility index (Phi) is 27.1. The first-order chi connectivity index (χ1) is 48.3. The number of hydrogen-bond acceptors (Lipinski definition) is 12. The zero-order valence-corrected chi connectivity index (χ0v) is 61.9. The van der Waals surface area contributed by atoms with Gasteiger partial charge in [0.2, 0.25) is 70.9 Å². The van der Waals surface area contributed by atoms with E-state index in [1.807, 2.05) is 20.8 Å². The second-order valence-corrected chi connectivity index (χ2v) is 31.6. The summed E-state index contributed by atoms with van der Waals surface area (Å²) in [5, 5.41) is 8.12. The molecule has 580 valence electrons. The number of fused-ring (bicyclic) bond motifs is 2. The highest BCUT2D eigenvalue weighted by Gasteiger charge is 2.57. The summed E-state index contributed by atoms with van der Waals surface area (Å²) in [6.45, 7) is 7.16. The average Bonchev–Trinajstić information content (AvgIpc) is 1.74. The molecule has 4 heterocycles. The minimum absolute atomic E-state index is 0.0543. The number of halogens is 7. The smallest absolute Gasteiger partial charge is 0.343 e. The number of rotatable bonds is 11. The lowest BCUT2D eigenvalue weighted by Gasteiger charge is -2.45. The van der Waals surface area contributed by atoms with E-state index in [0.29, 0.717) is 82.2 Å². The van der Waals surface area contributed by atoms with Crippen LogP contribution in [0.2, 0.25) is 0 Å². The number of likely N-dealkylation sites (tertiary alicyclic amines) is 1. The Morgan fingerprint density at radius 2 is 1.22 bits per heavy atom. The highest BCUT2D eigenvalue weighted by atomic mass is 19.4. The molecule has 4 aliphatic heterocycles. The standard InChI is InChI=1S/C72H111F7N12O12/c1-12-42(4)58-67(101)84(7)43(5)62(96)90-32-27-50(90)65(99)86(9)52(36-44-21-14-13-15-22-44)64(98)83(6)39-55(92)80-49(26-25-45-34-47(73)57(48(74)35-45)72(77,78)79)63(97)91-40-71(75,76)38-54(91)61(95)82-70(28-18-19-29-70)69(103)88(11)59(46-23-16-17-24-46)68(102)87(10)53(66(100)89-30-20-31-89)37-56(93)85(8)51(33-41(2)3)60(94)81-58/h41-54,57-59H,12-40H2,1-11H3,(H,80,92)(H,81,94)(H,82,95)/t42-,43-,45?,47?,48?,49-,50-,51-,52-,53-,54-,57?,58-,59-/m0/s1. The maximum atomic E-state index is 16.2. The number of carbonyl (C=O) groups is 12. The van der Waals surface area contributed by atoms with Crippen molar-refractivity contribution < 1.29 is 88.3 Å². The van der Waals surface area contributed by atoms with Gasteiger partial charge in [0.05, 0.1) is 19.5 Å². The van der Waals surface area contributed by atoms with Gasteiger partial charge >= 0.3 is 6.18 Å². The Bertz CT molecular complexity index is 3100. The van der Waals surface area contributed by atoms with Crippen molar-refractivity contribution in [1.82, 2.24) is 60.0 Å². The predicted octanol–water partition coefficient (Wildman–Crippen LogP) is 5.77. The fourth-order valence-corrected chi connectivity index (χ4v) is 17.0. The monoisotopic (exact) mass is 1470 g/mol. The number of carbonyl (C=O) groups excluding carboxylic acids is 12. The minimum Gasteiger partial charge on any atom is -0.343 e. The van der Waals surface area contributed by atoms with Crippen LogP contribution in [0.15, 0.2) is 0 Å². The molecule has 0 bridgehead atoms. The lowest BCUT2D eigenvalue weighted by atomic mass is 9.76. The fourth-order valence-electron chi connectivity index (χ4n) is 17.0. The maximum Gasteiger partial charge on any atom is 0.397 e. The van der Waals surface area contributed by atoms with Gasteiger partial charge in [0.1, 0.15) is 78.2 Å². The molecule has 4 saturated carbocycles. The molecule has 31 heteroatoms. The summed E-state index contributed by atoms with van der Waals surface area (Å²) in [4.78, 5) is 190. The summed E-state index contributed by atoms with van der Waals surface area (Å²) < 4.78 is 105. The molecule has 0 radical (unpaired) electrons. The number of nitrogens with zero attached hydrogens (tertiary/aromatic N) is 9. The topological polar surface area (TPSA) is 270 Å². The molecule has 8 rings (SSSR count). The number of likely N-dealkylation sites (N-methyl/N-ethyl adjacent to an activating group) is 6. The average molecular weight is 1470 g/mol. The molecule has 4 saturated heterocycles. The van der Waals surface area contributed by atoms with Crippen molar-refractivity contribution >= 4 is 70.9 Å². The molecule has 8 aliphatic rings. The van der Waals surface area contributed by atoms with E-state index in [9.17, 15) is 51.5 Å². The van der Waals surface area contributed by atoms with Gasteiger partial charge in [-0.1, -0.05) is 91.9 Å². The maximum absolute atomic E-state index is 16.2. The van der Waals surface area contributed by atoms with Crippen LogP contribution in [0.25, 0.3) is 0 Å². The van der Waals surface area contributed by atoms with Crippen LogP contribution in [0.1, 0.15) is 189 Å². The van der Waals surface area contributed by atoms with E-state index in [-0.39, 0.29) is 50.5 Å². The molecular formula is C72H111F7N12O12. The van der Waals surface area contributed by atoms with Crippen LogP contribution in [-0.2, 0) is 57.5 Å². The van der Waals surface area contributed by atoms with E-state index in [2.05, 4.69) is 16.0 Å². The Hall–Kier alpha value is -6.85. The number of alkyl halides is 7. The molecule has 103 heavy (non-hydrogen) atoms. The molecule has 8 fully saturated rings. The largest absolute Gasteiger partial charge is 0.397 e. The summed E-state index contributed by atoms with van der Waals surface area (Å²) in [5.74, 6) is -19.0. The molecule has 0 aromatic rings. The summed E-state index contributed by atoms with van der Waals surface area (Å²) >= 11 is 0. The van der Waals surface area contributed by atoms with Crippen LogP contribution in [0.4, 0.5) is 30.7 Å². The Morgan fingerprint density at radius 3 is 1.78 bits per heavy atom. The van der Waals surface area contributed by atoms with Gasteiger partial charge in [-0.2, -0.15) is 13.2 Å². The first-order valence-corrected chi connectivity index (χ1v) is 37.4. The van der Waals surface area contributed by atoms with Gasteiger partial charge in [-0.15, -0.1) is 0 Å². The zero-order valence-electron chi connectivity index (χ0n) is 61.9. The highest BCUT2D eigenvalue weighted by Crippen LogP contribution is 2.45. The second kappa shape index (κ2) is 34.2. The van der Waals surface area contributed by atoms with Crippen LogP contribution in [0.3, 0.4) is 0 Å². The molecule has 2 unspecified atom stereocenters. The van der Waals surface area contributed by atoms with Crippen LogP contribution >= 0.6 is 0 Å². The zero-order chi connectivity index (χ0) is 76.1. The first kappa shape index (κ1) is 81.8. The van der Waals surface area contributed by atoms with Crippen LogP contribution in [-0.4, -0.2) is 274 Å². The first-order valence-electron chi connectivity index (χ1n) is 37.4. The van der Waals surface area contributed by atoms with E-state index in [4.69, 9.17) is 0 Å². The van der Waals surface area contributed by atoms with Crippen LogP contribution in [0.5, 0.6) is 0 Å². The van der Waals surface area contributed by atoms with Gasteiger partial charge in [0.25, 0.3) is 5.92 Å². The van der Waals surface area contributed by atoms with E-state index >= 15 is 36.7 Å². The van der Waals surface area contributed by atoms with E-state index < -0.39 is 231 Å². The third-order valence-electron chi connectivity index (χ3n) is 24.0. The lowest BCUT2D eigenvalue weighted by Crippen LogP contribution is -2.65. The molecule has 12 amide bonds. The van der Waals surface area contributed by atoms with Crippen molar-refractivity contribution in [3.05, 3.63) is 0 Å². The van der Waals surface area contributed by atoms with Gasteiger partial charge in [0.15, 0.2) is 0 Å². The molecular weight excluding hydrogens is 1360 g/mol. The van der Waals surface area contributed by atoms with Gasteiger partial charge in [-0.25, -0.2) is 17.6 Å². The number of amides is 12. The third-order valence-corrected chi connectivity index (χ3v) is 24.0. The third kappa shape index (κ3) is 18.7. The van der Waals surface area contributed by atoms with E-state index in [0.717, 1.165) is 29.1 Å². The summed E-state index contributed by atoms with van der Waals surface area (Å²) in [6.07, 6.45) is -7.05. The van der Waals surface area contributed by atoms with E-state index in [1.165, 1.54) is 78.6 Å². The fraction of sp³-hybridized carbons (Fsp3) is 0.833.